The summed E-state index contributed by atoms with van der Waals surface area (Å²) >= 11 is 6.18. The quantitative estimate of drug-likeness (QED) is 0.362. The number of sulfonamides is 1. The van der Waals surface area contributed by atoms with Crippen LogP contribution in [0.4, 0.5) is 0 Å². The number of ether oxygens (including phenoxy) is 1. The van der Waals surface area contributed by atoms with Crippen molar-refractivity contribution >= 4 is 38.6 Å². The van der Waals surface area contributed by atoms with Crippen molar-refractivity contribution in [1.82, 2.24) is 4.31 Å². The molecule has 0 radical (unpaired) electrons. The molecule has 0 unspecified atom stereocenters. The molecule has 0 saturated heterocycles. The average Bonchev–Trinajstić information content (AvgIpc) is 3.24. The van der Waals surface area contributed by atoms with Crippen molar-refractivity contribution in [1.29, 1.82) is 0 Å². The Morgan fingerprint density at radius 1 is 1.09 bits per heavy atom. The number of rotatable bonds is 7. The normalized spacial score (nSPS) is 13.5. The molecule has 0 fully saturated rings. The molecule has 1 aliphatic rings. The lowest BCUT2D eigenvalue weighted by molar-refractivity contribution is 0.0473. The Kier molecular flexibility index (Phi) is 6.61. The van der Waals surface area contributed by atoms with Gasteiger partial charge in [-0.2, -0.15) is 4.31 Å². The zero-order chi connectivity index (χ0) is 23.8. The molecular weight excluding hydrogens is 466 g/mol. The summed E-state index contributed by atoms with van der Waals surface area (Å²) in [5.74, 6) is -0.779. The summed E-state index contributed by atoms with van der Waals surface area (Å²) in [5.41, 5.74) is 2.75. The molecule has 0 aliphatic heterocycles. The van der Waals surface area contributed by atoms with E-state index in [2.05, 4.69) is 0 Å². The summed E-state index contributed by atoms with van der Waals surface area (Å²) in [6.45, 7) is 3.90. The van der Waals surface area contributed by atoms with Gasteiger partial charge < -0.3 is 9.15 Å². The van der Waals surface area contributed by atoms with Crippen molar-refractivity contribution in [2.45, 2.75) is 44.6 Å². The predicted molar refractivity (Wildman–Crippen MR) is 125 cm³/mol. The van der Waals surface area contributed by atoms with Crippen LogP contribution in [0.5, 0.6) is 0 Å². The highest BCUT2D eigenvalue weighted by Crippen LogP contribution is 2.29. The van der Waals surface area contributed by atoms with Gasteiger partial charge in [0.25, 0.3) is 0 Å². The van der Waals surface area contributed by atoms with Gasteiger partial charge >= 0.3 is 11.6 Å². The first-order valence-electron chi connectivity index (χ1n) is 10.8. The number of carbonyl (C=O) groups is 1. The summed E-state index contributed by atoms with van der Waals surface area (Å²) in [6, 6.07) is 9.12. The first-order chi connectivity index (χ1) is 15.7. The first kappa shape index (κ1) is 23.5. The van der Waals surface area contributed by atoms with Gasteiger partial charge in [0.15, 0.2) is 0 Å². The molecule has 0 amide bonds. The molecule has 4 rings (SSSR count). The van der Waals surface area contributed by atoms with Crippen molar-refractivity contribution in [3.63, 3.8) is 0 Å². The van der Waals surface area contributed by atoms with Crippen LogP contribution in [0.2, 0.25) is 5.02 Å². The molecule has 0 saturated carbocycles. The Bertz CT molecular complexity index is 1390. The van der Waals surface area contributed by atoms with Crippen molar-refractivity contribution in [3.05, 3.63) is 74.1 Å². The van der Waals surface area contributed by atoms with Crippen molar-refractivity contribution in [2.24, 2.45) is 0 Å². The lowest BCUT2D eigenvalue weighted by Gasteiger charge is -2.19. The van der Waals surface area contributed by atoms with E-state index in [0.29, 0.717) is 29.6 Å². The van der Waals surface area contributed by atoms with E-state index < -0.39 is 21.6 Å². The molecule has 0 spiro atoms. The number of hydrogen-bond donors (Lipinski definition) is 0. The minimum atomic E-state index is -3.77. The van der Waals surface area contributed by atoms with E-state index in [0.717, 1.165) is 24.8 Å². The second-order valence-corrected chi connectivity index (χ2v) is 10.2. The van der Waals surface area contributed by atoms with Crippen molar-refractivity contribution in [2.75, 3.05) is 13.1 Å². The molecule has 0 N–H and O–H groups in total. The van der Waals surface area contributed by atoms with Crippen LogP contribution in [-0.2, 0) is 34.2 Å². The van der Waals surface area contributed by atoms with Crippen LogP contribution in [0.3, 0.4) is 0 Å². The van der Waals surface area contributed by atoms with Crippen LogP contribution >= 0.6 is 11.6 Å². The fraction of sp³-hybridized carbons (Fsp3) is 0.333. The van der Waals surface area contributed by atoms with Crippen molar-refractivity contribution < 1.29 is 22.4 Å². The van der Waals surface area contributed by atoms with Gasteiger partial charge in [0.05, 0.1) is 15.5 Å². The predicted octanol–water partition coefficient (Wildman–Crippen LogP) is 4.32. The maximum Gasteiger partial charge on any atom is 0.340 e. The maximum atomic E-state index is 12.8. The summed E-state index contributed by atoms with van der Waals surface area (Å²) < 4.78 is 37.7. The van der Waals surface area contributed by atoms with Gasteiger partial charge in [-0.05, 0) is 60.7 Å². The van der Waals surface area contributed by atoms with E-state index in [-0.39, 0.29) is 22.1 Å². The Morgan fingerprint density at radius 3 is 2.48 bits per heavy atom. The third-order valence-electron chi connectivity index (χ3n) is 5.90. The number of nitrogens with zero attached hydrogens (tertiary/aromatic N) is 1. The fourth-order valence-corrected chi connectivity index (χ4v) is 5.85. The van der Waals surface area contributed by atoms with E-state index >= 15 is 0 Å². The van der Waals surface area contributed by atoms with E-state index in [4.69, 9.17) is 20.8 Å². The fourth-order valence-electron chi connectivity index (χ4n) is 4.17. The topological polar surface area (TPSA) is 93.9 Å². The van der Waals surface area contributed by atoms with Crippen molar-refractivity contribution in [3.8, 4) is 0 Å². The second-order valence-electron chi connectivity index (χ2n) is 7.87. The third kappa shape index (κ3) is 4.55. The lowest BCUT2D eigenvalue weighted by Crippen LogP contribution is -2.30. The molecular formula is C24H24ClNO6S. The zero-order valence-electron chi connectivity index (χ0n) is 18.4. The molecule has 3 aromatic rings. The van der Waals surface area contributed by atoms with Gasteiger partial charge in [0.1, 0.15) is 12.2 Å². The number of hydrogen-bond acceptors (Lipinski definition) is 6. The molecule has 0 atom stereocenters. The third-order valence-corrected chi connectivity index (χ3v) is 8.28. The van der Waals surface area contributed by atoms with Crippen LogP contribution in [0.25, 0.3) is 11.0 Å². The van der Waals surface area contributed by atoms with E-state index in [1.807, 2.05) is 12.1 Å². The average molecular weight is 490 g/mol. The SMILES string of the molecule is CCN(CC)S(=O)(=O)c1ccc(Cl)c(C(=O)OCc2cc(=O)oc3cc4c(cc23)CCC4)c1. The van der Waals surface area contributed by atoms with Gasteiger partial charge in [-0.15, -0.1) is 0 Å². The highest BCUT2D eigenvalue weighted by molar-refractivity contribution is 7.89. The van der Waals surface area contributed by atoms with Gasteiger partial charge in [-0.25, -0.2) is 18.0 Å². The van der Waals surface area contributed by atoms with Crippen LogP contribution in [0.1, 0.15) is 47.3 Å². The standard InChI is InChI=1S/C24H24ClNO6S/c1-3-26(4-2)33(29,30)18-8-9-21(25)20(13-18)24(28)31-14-17-12-23(27)32-22-11-16-7-5-6-15(16)10-19(17)22/h8-13H,3-7,14H2,1-2H3. The molecule has 0 bridgehead atoms. The van der Waals surface area contributed by atoms with E-state index in [9.17, 15) is 18.0 Å². The number of aryl methyl sites for hydroxylation is 2. The second kappa shape index (κ2) is 9.29. The Morgan fingerprint density at radius 2 is 1.79 bits per heavy atom. The van der Waals surface area contributed by atoms with Crippen LogP contribution in [-0.4, -0.2) is 31.8 Å². The van der Waals surface area contributed by atoms with Crippen LogP contribution in [0.15, 0.2) is 50.5 Å². The largest absolute Gasteiger partial charge is 0.457 e. The summed E-state index contributed by atoms with van der Waals surface area (Å²) in [6.07, 6.45) is 2.94. The van der Waals surface area contributed by atoms with Gasteiger partial charge in [0, 0.05) is 30.1 Å². The molecule has 1 aliphatic carbocycles. The highest BCUT2D eigenvalue weighted by Gasteiger charge is 2.24. The van der Waals surface area contributed by atoms with Gasteiger partial charge in [-0.1, -0.05) is 25.4 Å². The minimum Gasteiger partial charge on any atom is -0.457 e. The first-order valence-corrected chi connectivity index (χ1v) is 12.6. The minimum absolute atomic E-state index is 0.0380. The Balaban J connectivity index is 1.62. The molecule has 1 aromatic heterocycles. The van der Waals surface area contributed by atoms with Crippen LogP contribution < -0.4 is 5.63 Å². The molecule has 1 heterocycles. The van der Waals surface area contributed by atoms with Crippen LogP contribution in [0, 0.1) is 0 Å². The molecule has 2 aromatic carbocycles. The number of halogens is 1. The number of fused-ring (bicyclic) bond motifs is 2. The summed E-state index contributed by atoms with van der Waals surface area (Å²) in [5, 5.41) is 0.792. The molecule has 9 heteroatoms. The molecule has 174 valence electrons. The maximum absolute atomic E-state index is 12.8. The summed E-state index contributed by atoms with van der Waals surface area (Å²) in [7, 11) is -3.77. The van der Waals surface area contributed by atoms with Gasteiger partial charge in [-0.3, -0.25) is 0 Å². The monoisotopic (exact) mass is 489 g/mol. The molecule has 33 heavy (non-hydrogen) atoms. The van der Waals surface area contributed by atoms with E-state index in [1.165, 1.54) is 34.1 Å². The summed E-state index contributed by atoms with van der Waals surface area (Å²) in [4.78, 5) is 24.8. The number of benzene rings is 2. The smallest absolute Gasteiger partial charge is 0.340 e. The van der Waals surface area contributed by atoms with E-state index in [1.54, 1.807) is 13.8 Å². The lowest BCUT2D eigenvalue weighted by atomic mass is 10.0. The Hall–Kier alpha value is -2.68. The van der Waals surface area contributed by atoms with Gasteiger partial charge in [0.2, 0.25) is 10.0 Å². The zero-order valence-corrected chi connectivity index (χ0v) is 20.0. The Labute approximate surface area is 197 Å². The number of esters is 1. The number of carbonyl (C=O) groups excluding carboxylic acids is 1. The molecule has 7 nitrogen and oxygen atoms in total. The highest BCUT2D eigenvalue weighted by atomic mass is 35.5.